The number of aromatic nitrogens is 2. The van der Waals surface area contributed by atoms with E-state index in [0.29, 0.717) is 16.1 Å². The van der Waals surface area contributed by atoms with Gasteiger partial charge in [0.15, 0.2) is 0 Å². The van der Waals surface area contributed by atoms with Gasteiger partial charge in [-0.1, -0.05) is 0 Å². The van der Waals surface area contributed by atoms with E-state index in [2.05, 4.69) is 53.8 Å². The first-order valence-electron chi connectivity index (χ1n) is 4.76. The maximum absolute atomic E-state index is 13.4. The lowest BCUT2D eigenvalue weighted by atomic mass is 10.2. The Balaban J connectivity index is 2.30. The smallest absolute Gasteiger partial charge is 0.227 e. The number of nitrogens with one attached hydrogen (secondary N) is 1. The summed E-state index contributed by atoms with van der Waals surface area (Å²) in [6.45, 7) is 1.89. The molecule has 0 unspecified atom stereocenters. The molecule has 2 aromatic rings. The fraction of sp³-hybridized carbons (Fsp3) is 0.0909. The summed E-state index contributed by atoms with van der Waals surface area (Å²) in [6, 6.07) is 3.13. The van der Waals surface area contributed by atoms with Crippen LogP contribution in [0.15, 0.2) is 29.0 Å². The van der Waals surface area contributed by atoms with Crippen LogP contribution in [-0.2, 0) is 0 Å². The summed E-state index contributed by atoms with van der Waals surface area (Å²) in [5.74, 6) is 0.138. The highest BCUT2D eigenvalue weighted by atomic mass is 127. The van der Waals surface area contributed by atoms with E-state index in [4.69, 9.17) is 0 Å². The van der Waals surface area contributed by atoms with Crippen molar-refractivity contribution in [3.8, 4) is 0 Å². The molecule has 3 nitrogen and oxygen atoms in total. The molecular formula is C11H8BrFIN3. The molecule has 0 radical (unpaired) electrons. The predicted octanol–water partition coefficient (Wildman–Crippen LogP) is 4.03. The van der Waals surface area contributed by atoms with Gasteiger partial charge < -0.3 is 5.32 Å². The zero-order chi connectivity index (χ0) is 12.4. The van der Waals surface area contributed by atoms with Gasteiger partial charge in [-0.15, -0.1) is 0 Å². The average Bonchev–Trinajstić information content (AvgIpc) is 2.29. The van der Waals surface area contributed by atoms with Crippen molar-refractivity contribution in [2.24, 2.45) is 0 Å². The number of nitrogens with zero attached hydrogens (tertiary/aromatic N) is 2. The molecule has 0 atom stereocenters. The molecule has 0 bridgehead atoms. The monoisotopic (exact) mass is 407 g/mol. The Bertz CT molecular complexity index is 545. The number of rotatable bonds is 2. The molecule has 0 aliphatic heterocycles. The van der Waals surface area contributed by atoms with Crippen LogP contribution in [0.3, 0.4) is 0 Å². The lowest BCUT2D eigenvalue weighted by Crippen LogP contribution is -1.99. The molecule has 2 rings (SSSR count). The van der Waals surface area contributed by atoms with Crippen LogP contribution in [0.4, 0.5) is 16.0 Å². The highest BCUT2D eigenvalue weighted by Crippen LogP contribution is 2.25. The van der Waals surface area contributed by atoms with Crippen molar-refractivity contribution < 1.29 is 4.39 Å². The van der Waals surface area contributed by atoms with E-state index in [-0.39, 0.29) is 5.82 Å². The van der Waals surface area contributed by atoms with E-state index in [1.54, 1.807) is 18.5 Å². The van der Waals surface area contributed by atoms with E-state index in [0.717, 1.165) is 9.13 Å². The molecule has 0 fully saturated rings. The van der Waals surface area contributed by atoms with Gasteiger partial charge in [-0.3, -0.25) is 0 Å². The van der Waals surface area contributed by atoms with Gasteiger partial charge >= 0.3 is 0 Å². The van der Waals surface area contributed by atoms with Gasteiger partial charge in [-0.2, -0.15) is 0 Å². The molecule has 0 amide bonds. The molecule has 17 heavy (non-hydrogen) atoms. The summed E-state index contributed by atoms with van der Waals surface area (Å²) in [6.07, 6.45) is 3.39. The van der Waals surface area contributed by atoms with Crippen molar-refractivity contribution in [1.82, 2.24) is 9.97 Å². The maximum atomic E-state index is 13.4. The molecular weight excluding hydrogens is 400 g/mol. The van der Waals surface area contributed by atoms with Crippen LogP contribution in [0, 0.1) is 16.3 Å². The number of anilines is 2. The number of aryl methyl sites for hydroxylation is 1. The number of halogens is 3. The largest absolute Gasteiger partial charge is 0.324 e. The van der Waals surface area contributed by atoms with Gasteiger partial charge in [0.2, 0.25) is 5.95 Å². The van der Waals surface area contributed by atoms with Gasteiger partial charge in [0.1, 0.15) is 5.82 Å². The lowest BCUT2D eigenvalue weighted by Gasteiger charge is -2.08. The Morgan fingerprint density at radius 1 is 1.29 bits per heavy atom. The first-order valence-corrected chi connectivity index (χ1v) is 6.63. The third-order valence-electron chi connectivity index (χ3n) is 2.13. The third-order valence-corrected chi connectivity index (χ3v) is 3.30. The summed E-state index contributed by atoms with van der Waals surface area (Å²) < 4.78 is 14.8. The summed E-state index contributed by atoms with van der Waals surface area (Å²) >= 11 is 5.27. The predicted molar refractivity (Wildman–Crippen MR) is 76.9 cm³/mol. The van der Waals surface area contributed by atoms with E-state index in [1.165, 1.54) is 6.07 Å². The van der Waals surface area contributed by atoms with Crippen LogP contribution in [0.1, 0.15) is 5.56 Å². The highest BCUT2D eigenvalue weighted by Gasteiger charge is 2.06. The van der Waals surface area contributed by atoms with Gasteiger partial charge in [-0.05, 0) is 63.1 Å². The molecule has 0 saturated heterocycles. The first kappa shape index (κ1) is 12.7. The molecule has 6 heteroatoms. The van der Waals surface area contributed by atoms with E-state index in [1.807, 2.05) is 6.92 Å². The second-order valence-corrected chi connectivity index (χ2v) is 5.53. The normalized spacial score (nSPS) is 10.4. The molecule has 1 aromatic heterocycles. The molecule has 0 aliphatic rings. The van der Waals surface area contributed by atoms with Crippen LogP contribution in [0.5, 0.6) is 0 Å². The number of hydrogen-bond acceptors (Lipinski definition) is 3. The van der Waals surface area contributed by atoms with Crippen LogP contribution in [-0.4, -0.2) is 9.97 Å². The Morgan fingerprint density at radius 3 is 2.59 bits per heavy atom. The Labute approximate surface area is 120 Å². The summed E-state index contributed by atoms with van der Waals surface area (Å²) in [7, 11) is 0. The van der Waals surface area contributed by atoms with Crippen molar-refractivity contribution in [1.29, 1.82) is 0 Å². The quantitative estimate of drug-likeness (QED) is 0.763. The summed E-state index contributed by atoms with van der Waals surface area (Å²) in [4.78, 5) is 8.21. The van der Waals surface area contributed by atoms with Crippen LogP contribution in [0.25, 0.3) is 0 Å². The maximum Gasteiger partial charge on any atom is 0.227 e. The van der Waals surface area contributed by atoms with Crippen molar-refractivity contribution in [3.05, 3.63) is 43.9 Å². The second kappa shape index (κ2) is 5.26. The zero-order valence-corrected chi connectivity index (χ0v) is 12.6. The first-order chi connectivity index (χ1) is 8.06. The summed E-state index contributed by atoms with van der Waals surface area (Å²) in [5.41, 5.74) is 1.58. The SMILES string of the molecule is Cc1cc(Br)c(F)cc1Nc1ncc(I)cn1. The number of hydrogen-bond donors (Lipinski definition) is 1. The lowest BCUT2D eigenvalue weighted by molar-refractivity contribution is 0.621. The van der Waals surface area contributed by atoms with Crippen molar-refractivity contribution in [2.45, 2.75) is 6.92 Å². The van der Waals surface area contributed by atoms with Gasteiger partial charge in [0.25, 0.3) is 0 Å². The Morgan fingerprint density at radius 2 is 1.94 bits per heavy atom. The van der Waals surface area contributed by atoms with Gasteiger partial charge in [0.05, 0.1) is 4.47 Å². The van der Waals surface area contributed by atoms with Crippen LogP contribution in [0.2, 0.25) is 0 Å². The second-order valence-electron chi connectivity index (χ2n) is 3.43. The topological polar surface area (TPSA) is 37.8 Å². The fourth-order valence-corrected chi connectivity index (χ4v) is 2.01. The average molecular weight is 408 g/mol. The van der Waals surface area contributed by atoms with Crippen LogP contribution < -0.4 is 5.32 Å². The van der Waals surface area contributed by atoms with Crippen molar-refractivity contribution >= 4 is 50.2 Å². The van der Waals surface area contributed by atoms with E-state index >= 15 is 0 Å². The highest BCUT2D eigenvalue weighted by molar-refractivity contribution is 14.1. The molecule has 0 saturated carbocycles. The molecule has 88 valence electrons. The van der Waals surface area contributed by atoms with Crippen molar-refractivity contribution in [3.63, 3.8) is 0 Å². The minimum Gasteiger partial charge on any atom is -0.324 e. The van der Waals surface area contributed by atoms with Gasteiger partial charge in [0, 0.05) is 21.7 Å². The van der Waals surface area contributed by atoms with E-state index in [9.17, 15) is 4.39 Å². The van der Waals surface area contributed by atoms with Gasteiger partial charge in [-0.25, -0.2) is 14.4 Å². The Kier molecular flexibility index (Phi) is 3.93. The fourth-order valence-electron chi connectivity index (χ4n) is 1.28. The summed E-state index contributed by atoms with van der Waals surface area (Å²) in [5, 5.41) is 2.98. The van der Waals surface area contributed by atoms with Crippen molar-refractivity contribution in [2.75, 3.05) is 5.32 Å². The molecule has 1 aromatic carbocycles. The minimum atomic E-state index is -0.316. The standard InChI is InChI=1S/C11H8BrFIN3/c1-6-2-8(12)9(13)3-10(6)17-11-15-4-7(14)5-16-11/h2-5H,1H3,(H,15,16,17). The molecule has 1 heterocycles. The zero-order valence-electron chi connectivity index (χ0n) is 8.84. The third kappa shape index (κ3) is 3.12. The van der Waals surface area contributed by atoms with E-state index < -0.39 is 0 Å². The van der Waals surface area contributed by atoms with Crippen LogP contribution >= 0.6 is 38.5 Å². The molecule has 0 aliphatic carbocycles. The molecule has 1 N–H and O–H groups in total. The molecule has 0 spiro atoms. The number of benzene rings is 1. The Hall–Kier alpha value is -0.760. The minimum absolute atomic E-state index is 0.316.